The fourth-order valence-corrected chi connectivity index (χ4v) is 4.22. The summed E-state index contributed by atoms with van der Waals surface area (Å²) >= 11 is 0. The van der Waals surface area contributed by atoms with Gasteiger partial charge in [-0.15, -0.1) is 0 Å². The van der Waals surface area contributed by atoms with Gasteiger partial charge in [-0.2, -0.15) is 0 Å². The standard InChI is InChI=1S/C24H19F3N2O5/c25-17-15-20(29(13-6-7-13)10-14(21(15)30)22(31)32)19(27)16(18(17)26)24(8-9-24)28-23(33)34-11-12-4-2-1-3-5-12/h1-5,10,13H,6-9,11H2,(H,28,33)(H,31,32). The number of hydrogen-bond donors (Lipinski definition) is 2. The van der Waals surface area contributed by atoms with E-state index in [1.54, 1.807) is 30.3 Å². The number of pyridine rings is 1. The van der Waals surface area contributed by atoms with Crippen molar-refractivity contribution >= 4 is 23.0 Å². The minimum absolute atomic E-state index is 0.0705. The second-order valence-electron chi connectivity index (χ2n) is 8.62. The summed E-state index contributed by atoms with van der Waals surface area (Å²) in [5.74, 6) is -6.09. The molecule has 1 aromatic heterocycles. The van der Waals surface area contributed by atoms with Gasteiger partial charge < -0.3 is 19.7 Å². The summed E-state index contributed by atoms with van der Waals surface area (Å²) in [5, 5.41) is 10.8. The Morgan fingerprint density at radius 2 is 1.76 bits per heavy atom. The van der Waals surface area contributed by atoms with E-state index in [1.165, 1.54) is 4.57 Å². The van der Waals surface area contributed by atoms with Crippen LogP contribution in [0.25, 0.3) is 10.9 Å². The number of alkyl carbamates (subject to hydrolysis) is 1. The summed E-state index contributed by atoms with van der Waals surface area (Å²) in [4.78, 5) is 36.5. The number of rotatable bonds is 6. The summed E-state index contributed by atoms with van der Waals surface area (Å²) < 4.78 is 52.5. The second-order valence-corrected chi connectivity index (χ2v) is 8.62. The van der Waals surface area contributed by atoms with Crippen molar-refractivity contribution in [1.82, 2.24) is 9.88 Å². The van der Waals surface area contributed by atoms with Crippen LogP contribution in [0.1, 0.15) is 53.2 Å². The number of benzene rings is 2. The number of amides is 1. The molecule has 2 fully saturated rings. The molecule has 0 bridgehead atoms. The van der Waals surface area contributed by atoms with Gasteiger partial charge in [-0.25, -0.2) is 22.8 Å². The van der Waals surface area contributed by atoms with Gasteiger partial charge in [0, 0.05) is 12.2 Å². The number of carboxylic acid groups (broad SMARTS) is 1. The van der Waals surface area contributed by atoms with Gasteiger partial charge in [-0.3, -0.25) is 4.79 Å². The molecule has 2 aliphatic carbocycles. The van der Waals surface area contributed by atoms with Gasteiger partial charge in [0.2, 0.25) is 5.43 Å². The molecule has 0 atom stereocenters. The first-order valence-electron chi connectivity index (χ1n) is 10.7. The van der Waals surface area contributed by atoms with Gasteiger partial charge in [0.15, 0.2) is 17.5 Å². The first-order valence-corrected chi connectivity index (χ1v) is 10.7. The predicted molar refractivity (Wildman–Crippen MR) is 114 cm³/mol. The van der Waals surface area contributed by atoms with Crippen LogP contribution in [0.3, 0.4) is 0 Å². The van der Waals surface area contributed by atoms with E-state index in [4.69, 9.17) is 4.74 Å². The molecule has 2 N–H and O–H groups in total. The first-order chi connectivity index (χ1) is 16.2. The molecular formula is C24H19F3N2O5. The highest BCUT2D eigenvalue weighted by atomic mass is 19.2. The Labute approximate surface area is 190 Å². The molecule has 0 unspecified atom stereocenters. The zero-order valence-corrected chi connectivity index (χ0v) is 17.7. The van der Waals surface area contributed by atoms with Gasteiger partial charge in [0.25, 0.3) is 0 Å². The quantitative estimate of drug-likeness (QED) is 0.520. The summed E-state index contributed by atoms with van der Waals surface area (Å²) in [6.45, 7) is -0.0705. The van der Waals surface area contributed by atoms with Crippen molar-refractivity contribution in [2.75, 3.05) is 0 Å². The number of nitrogens with zero attached hydrogens (tertiary/aromatic N) is 1. The zero-order valence-electron chi connectivity index (χ0n) is 17.7. The molecule has 2 aromatic carbocycles. The third-order valence-corrected chi connectivity index (χ3v) is 6.25. The first kappa shape index (κ1) is 22.0. The van der Waals surface area contributed by atoms with Gasteiger partial charge in [-0.05, 0) is 31.2 Å². The molecule has 2 aliphatic rings. The average molecular weight is 472 g/mol. The Morgan fingerprint density at radius 3 is 2.35 bits per heavy atom. The average Bonchev–Trinajstić information content (AvgIpc) is 3.73. The minimum Gasteiger partial charge on any atom is -0.477 e. The Bertz CT molecular complexity index is 1400. The third-order valence-electron chi connectivity index (χ3n) is 6.25. The summed E-state index contributed by atoms with van der Waals surface area (Å²) in [7, 11) is 0. The summed E-state index contributed by atoms with van der Waals surface area (Å²) in [5.41, 5.74) is -4.11. The second kappa shape index (κ2) is 7.89. The fourth-order valence-electron chi connectivity index (χ4n) is 4.22. The van der Waals surface area contributed by atoms with Crippen LogP contribution >= 0.6 is 0 Å². The summed E-state index contributed by atoms with van der Waals surface area (Å²) in [6, 6.07) is 8.45. The molecule has 0 spiro atoms. The third kappa shape index (κ3) is 3.59. The number of nitrogens with one attached hydrogen (secondary N) is 1. The number of halogens is 3. The SMILES string of the molecule is O=C(NC1(c2c(F)c(F)c3c(=O)c(C(=O)O)cn(C4CC4)c3c2F)CC1)OCc1ccccc1. The van der Waals surface area contributed by atoms with E-state index in [2.05, 4.69) is 5.32 Å². The number of ether oxygens (including phenoxy) is 1. The maximum absolute atomic E-state index is 15.8. The van der Waals surface area contributed by atoms with Gasteiger partial charge in [-0.1, -0.05) is 30.3 Å². The Kier molecular flexibility index (Phi) is 5.11. The Hall–Kier alpha value is -3.82. The molecule has 1 amide bonds. The van der Waals surface area contributed by atoms with E-state index in [-0.39, 0.29) is 25.5 Å². The van der Waals surface area contributed by atoms with Crippen molar-refractivity contribution in [3.05, 3.63) is 80.9 Å². The molecule has 1 heterocycles. The topological polar surface area (TPSA) is 97.6 Å². The van der Waals surface area contributed by atoms with Crippen molar-refractivity contribution in [2.45, 2.75) is 43.9 Å². The number of carbonyl (C=O) groups is 2. The lowest BCUT2D eigenvalue weighted by Crippen LogP contribution is -2.37. The van der Waals surface area contributed by atoms with Crippen LogP contribution in [-0.2, 0) is 16.9 Å². The Morgan fingerprint density at radius 1 is 1.09 bits per heavy atom. The molecule has 0 radical (unpaired) electrons. The van der Waals surface area contributed by atoms with Crippen LogP contribution in [0, 0.1) is 17.5 Å². The largest absolute Gasteiger partial charge is 0.477 e. The maximum atomic E-state index is 15.8. The van der Waals surface area contributed by atoms with Crippen molar-refractivity contribution in [2.24, 2.45) is 0 Å². The molecule has 2 saturated carbocycles. The van der Waals surface area contributed by atoms with Gasteiger partial charge in [0.1, 0.15) is 12.2 Å². The van der Waals surface area contributed by atoms with Crippen molar-refractivity contribution in [3.63, 3.8) is 0 Å². The van der Waals surface area contributed by atoms with Gasteiger partial charge >= 0.3 is 12.1 Å². The van der Waals surface area contributed by atoms with Crippen LogP contribution < -0.4 is 10.7 Å². The molecule has 34 heavy (non-hydrogen) atoms. The molecule has 3 aromatic rings. The molecule has 7 nitrogen and oxygen atoms in total. The molecule has 176 valence electrons. The number of carbonyl (C=O) groups excluding carboxylic acids is 1. The monoisotopic (exact) mass is 472 g/mol. The van der Waals surface area contributed by atoms with E-state index in [1.807, 2.05) is 0 Å². The lowest BCUT2D eigenvalue weighted by Gasteiger charge is -2.22. The summed E-state index contributed by atoms with van der Waals surface area (Å²) in [6.07, 6.45) is 1.44. The van der Waals surface area contributed by atoms with Crippen LogP contribution in [0.4, 0.5) is 18.0 Å². The predicted octanol–water partition coefficient (Wildman–Crippen LogP) is 4.37. The number of hydrogen-bond acceptors (Lipinski definition) is 4. The van der Waals surface area contributed by atoms with Gasteiger partial charge in [0.05, 0.1) is 22.0 Å². The Balaban J connectivity index is 1.57. The maximum Gasteiger partial charge on any atom is 0.408 e. The molecule has 0 saturated heterocycles. The van der Waals surface area contributed by atoms with Crippen molar-refractivity contribution in [3.8, 4) is 0 Å². The highest BCUT2D eigenvalue weighted by Gasteiger charge is 2.51. The highest BCUT2D eigenvalue weighted by molar-refractivity contribution is 5.93. The van der Waals surface area contributed by atoms with E-state index < -0.39 is 62.5 Å². The zero-order chi connectivity index (χ0) is 24.2. The van der Waals surface area contributed by atoms with Crippen molar-refractivity contribution < 1.29 is 32.6 Å². The van der Waals surface area contributed by atoms with Crippen LogP contribution in [0.15, 0.2) is 41.3 Å². The lowest BCUT2D eigenvalue weighted by atomic mass is 9.98. The van der Waals surface area contributed by atoms with E-state index in [0.717, 1.165) is 6.20 Å². The lowest BCUT2D eigenvalue weighted by molar-refractivity contribution is 0.0694. The number of aromatic carboxylic acids is 1. The van der Waals surface area contributed by atoms with Crippen LogP contribution in [-0.4, -0.2) is 21.7 Å². The number of aromatic nitrogens is 1. The molecule has 10 heteroatoms. The van der Waals surface area contributed by atoms with Crippen LogP contribution in [0.2, 0.25) is 0 Å². The molecular weight excluding hydrogens is 453 g/mol. The van der Waals surface area contributed by atoms with E-state index >= 15 is 13.2 Å². The van der Waals surface area contributed by atoms with Crippen molar-refractivity contribution in [1.29, 1.82) is 0 Å². The fraction of sp³-hybridized carbons (Fsp3) is 0.292. The number of carboxylic acids is 1. The minimum atomic E-state index is -1.64. The molecule has 0 aliphatic heterocycles. The number of fused-ring (bicyclic) bond motifs is 1. The smallest absolute Gasteiger partial charge is 0.408 e. The highest BCUT2D eigenvalue weighted by Crippen LogP contribution is 2.50. The normalized spacial score (nSPS) is 16.3. The van der Waals surface area contributed by atoms with E-state index in [9.17, 15) is 19.5 Å². The van der Waals surface area contributed by atoms with Crippen LogP contribution in [0.5, 0.6) is 0 Å². The molecule has 5 rings (SSSR count). The van der Waals surface area contributed by atoms with E-state index in [0.29, 0.717) is 18.4 Å².